The Hall–Kier alpha value is -1.57. The summed E-state index contributed by atoms with van der Waals surface area (Å²) in [6, 6.07) is 9.78. The highest BCUT2D eigenvalue weighted by molar-refractivity contribution is 5.87. The highest BCUT2D eigenvalue weighted by atomic mass is 16.5. The minimum atomic E-state index is -0.222. The van der Waals surface area contributed by atoms with Gasteiger partial charge in [0.2, 0.25) is 0 Å². The molecule has 0 amide bonds. The highest BCUT2D eigenvalue weighted by Crippen LogP contribution is 2.20. The first-order chi connectivity index (χ1) is 8.34. The molecule has 0 bridgehead atoms. The Morgan fingerprint density at radius 2 is 1.82 bits per heavy atom. The Labute approximate surface area is 102 Å². The molecule has 1 saturated carbocycles. The Morgan fingerprint density at radius 1 is 1.12 bits per heavy atom. The first-order valence-electron chi connectivity index (χ1n) is 6.28. The van der Waals surface area contributed by atoms with Gasteiger partial charge in [-0.3, -0.25) is 0 Å². The molecule has 2 rings (SSSR count). The molecule has 17 heavy (non-hydrogen) atoms. The maximum Gasteiger partial charge on any atom is 0.331 e. The van der Waals surface area contributed by atoms with E-state index in [4.69, 9.17) is 4.74 Å². The minimum Gasteiger partial charge on any atom is -0.459 e. The lowest BCUT2D eigenvalue weighted by atomic mass is 9.98. The molecule has 0 heterocycles. The van der Waals surface area contributed by atoms with Gasteiger partial charge in [-0.25, -0.2) is 4.79 Å². The summed E-state index contributed by atoms with van der Waals surface area (Å²) >= 11 is 0. The van der Waals surface area contributed by atoms with E-state index in [1.165, 1.54) is 25.3 Å². The predicted molar refractivity (Wildman–Crippen MR) is 68.4 cm³/mol. The summed E-state index contributed by atoms with van der Waals surface area (Å²) in [6.45, 7) is 0. The third kappa shape index (κ3) is 4.06. The first kappa shape index (κ1) is 11.9. The topological polar surface area (TPSA) is 26.3 Å². The Morgan fingerprint density at radius 3 is 2.53 bits per heavy atom. The van der Waals surface area contributed by atoms with E-state index in [-0.39, 0.29) is 12.1 Å². The number of hydrogen-bond donors (Lipinski definition) is 0. The van der Waals surface area contributed by atoms with Crippen LogP contribution in [0.4, 0.5) is 0 Å². The van der Waals surface area contributed by atoms with Crippen LogP contribution in [0.25, 0.3) is 6.08 Å². The molecule has 0 aliphatic heterocycles. The molecule has 1 fully saturated rings. The van der Waals surface area contributed by atoms with E-state index in [1.807, 2.05) is 30.3 Å². The molecule has 0 saturated heterocycles. The standard InChI is InChI=1S/C15H18O2/c16-15(17-14-9-5-2-6-10-14)12-11-13-7-3-1-4-8-13/h1,3-4,7-8,11-12,14H,2,5-6,9-10H2. The largest absolute Gasteiger partial charge is 0.459 e. The van der Waals surface area contributed by atoms with Gasteiger partial charge in [-0.15, -0.1) is 0 Å². The number of carbonyl (C=O) groups excluding carboxylic acids is 1. The van der Waals surface area contributed by atoms with Gasteiger partial charge in [-0.05, 0) is 37.3 Å². The Kier molecular flexibility index (Phi) is 4.37. The van der Waals surface area contributed by atoms with Gasteiger partial charge in [0.1, 0.15) is 6.10 Å². The van der Waals surface area contributed by atoms with Crippen molar-refractivity contribution in [1.29, 1.82) is 0 Å². The summed E-state index contributed by atoms with van der Waals surface area (Å²) in [4.78, 5) is 11.6. The second-order valence-corrected chi connectivity index (χ2v) is 4.44. The van der Waals surface area contributed by atoms with E-state index in [9.17, 15) is 4.79 Å². The smallest absolute Gasteiger partial charge is 0.331 e. The van der Waals surface area contributed by atoms with Crippen LogP contribution >= 0.6 is 0 Å². The van der Waals surface area contributed by atoms with Crippen molar-refractivity contribution in [3.8, 4) is 0 Å². The summed E-state index contributed by atoms with van der Waals surface area (Å²) < 4.78 is 5.39. The summed E-state index contributed by atoms with van der Waals surface area (Å²) in [7, 11) is 0. The zero-order chi connectivity index (χ0) is 11.9. The number of carbonyl (C=O) groups is 1. The second kappa shape index (κ2) is 6.24. The van der Waals surface area contributed by atoms with Crippen molar-refractivity contribution >= 4 is 12.0 Å². The van der Waals surface area contributed by atoms with Gasteiger partial charge < -0.3 is 4.74 Å². The molecule has 0 atom stereocenters. The third-order valence-corrected chi connectivity index (χ3v) is 3.05. The predicted octanol–water partition coefficient (Wildman–Crippen LogP) is 3.58. The van der Waals surface area contributed by atoms with E-state index in [1.54, 1.807) is 6.08 Å². The number of hydrogen-bond acceptors (Lipinski definition) is 2. The van der Waals surface area contributed by atoms with E-state index < -0.39 is 0 Å². The lowest BCUT2D eigenvalue weighted by Gasteiger charge is -2.20. The zero-order valence-corrected chi connectivity index (χ0v) is 9.97. The summed E-state index contributed by atoms with van der Waals surface area (Å²) in [5, 5.41) is 0. The molecule has 0 unspecified atom stereocenters. The Balaban J connectivity index is 1.82. The molecule has 2 nitrogen and oxygen atoms in total. The van der Waals surface area contributed by atoms with Crippen LogP contribution in [0, 0.1) is 0 Å². The summed E-state index contributed by atoms with van der Waals surface area (Å²) in [5.74, 6) is -0.222. The van der Waals surface area contributed by atoms with Crippen molar-refractivity contribution in [2.75, 3.05) is 0 Å². The van der Waals surface area contributed by atoms with Crippen molar-refractivity contribution in [3.05, 3.63) is 42.0 Å². The van der Waals surface area contributed by atoms with Crippen molar-refractivity contribution in [2.24, 2.45) is 0 Å². The molecule has 0 radical (unpaired) electrons. The van der Waals surface area contributed by atoms with Crippen molar-refractivity contribution in [2.45, 2.75) is 38.2 Å². The van der Waals surface area contributed by atoms with E-state index in [2.05, 4.69) is 0 Å². The molecule has 1 aliphatic carbocycles. The molecular formula is C15H18O2. The van der Waals surface area contributed by atoms with Crippen molar-refractivity contribution < 1.29 is 9.53 Å². The van der Waals surface area contributed by atoms with Crippen LogP contribution in [-0.2, 0) is 9.53 Å². The zero-order valence-electron chi connectivity index (χ0n) is 9.97. The normalized spacial score (nSPS) is 17.2. The number of esters is 1. The average molecular weight is 230 g/mol. The van der Waals surface area contributed by atoms with E-state index >= 15 is 0 Å². The maximum atomic E-state index is 11.6. The first-order valence-corrected chi connectivity index (χ1v) is 6.28. The highest BCUT2D eigenvalue weighted by Gasteiger charge is 2.15. The van der Waals surface area contributed by atoms with Crippen LogP contribution in [-0.4, -0.2) is 12.1 Å². The molecule has 1 aromatic carbocycles. The maximum absolute atomic E-state index is 11.6. The summed E-state index contributed by atoms with van der Waals surface area (Å²) in [5.41, 5.74) is 1.02. The fourth-order valence-corrected chi connectivity index (χ4v) is 2.11. The summed E-state index contributed by atoms with van der Waals surface area (Å²) in [6.07, 6.45) is 9.12. The van der Waals surface area contributed by atoms with Crippen LogP contribution < -0.4 is 0 Å². The van der Waals surface area contributed by atoms with Crippen LogP contribution in [0.5, 0.6) is 0 Å². The molecule has 0 aromatic heterocycles. The molecule has 2 heteroatoms. The monoisotopic (exact) mass is 230 g/mol. The molecular weight excluding hydrogens is 212 g/mol. The van der Waals surface area contributed by atoms with Gasteiger partial charge >= 0.3 is 5.97 Å². The quantitative estimate of drug-likeness (QED) is 0.586. The van der Waals surface area contributed by atoms with Gasteiger partial charge in [0.05, 0.1) is 0 Å². The number of benzene rings is 1. The average Bonchev–Trinajstić information content (AvgIpc) is 2.39. The molecule has 1 aliphatic rings. The lowest BCUT2D eigenvalue weighted by Crippen LogP contribution is -2.19. The SMILES string of the molecule is O=C(C=Cc1ccccc1)OC1CCCCC1. The van der Waals surface area contributed by atoms with Gasteiger partial charge in [0.25, 0.3) is 0 Å². The van der Waals surface area contributed by atoms with Gasteiger partial charge in [0, 0.05) is 6.08 Å². The third-order valence-electron chi connectivity index (χ3n) is 3.05. The molecule has 90 valence electrons. The van der Waals surface area contributed by atoms with E-state index in [0.717, 1.165) is 18.4 Å². The fraction of sp³-hybridized carbons (Fsp3) is 0.400. The van der Waals surface area contributed by atoms with Gasteiger partial charge in [0.15, 0.2) is 0 Å². The lowest BCUT2D eigenvalue weighted by molar-refractivity contribution is -0.144. The van der Waals surface area contributed by atoms with Crippen LogP contribution in [0.15, 0.2) is 36.4 Å². The number of ether oxygens (including phenoxy) is 1. The molecule has 1 aromatic rings. The van der Waals surface area contributed by atoms with Crippen LogP contribution in [0.2, 0.25) is 0 Å². The molecule has 0 N–H and O–H groups in total. The minimum absolute atomic E-state index is 0.136. The fourth-order valence-electron chi connectivity index (χ4n) is 2.11. The van der Waals surface area contributed by atoms with E-state index in [0.29, 0.717) is 0 Å². The molecule has 0 spiro atoms. The van der Waals surface area contributed by atoms with Crippen LogP contribution in [0.3, 0.4) is 0 Å². The van der Waals surface area contributed by atoms with Crippen molar-refractivity contribution in [3.63, 3.8) is 0 Å². The van der Waals surface area contributed by atoms with Gasteiger partial charge in [-0.1, -0.05) is 36.8 Å². The second-order valence-electron chi connectivity index (χ2n) is 4.44. The van der Waals surface area contributed by atoms with Gasteiger partial charge in [-0.2, -0.15) is 0 Å². The van der Waals surface area contributed by atoms with Crippen molar-refractivity contribution in [1.82, 2.24) is 0 Å². The van der Waals surface area contributed by atoms with Crippen LogP contribution in [0.1, 0.15) is 37.7 Å². The number of rotatable bonds is 3. The Bertz CT molecular complexity index is 375.